The third-order valence-corrected chi connectivity index (χ3v) is 6.06. The molecule has 1 heteroatoms. The highest BCUT2D eigenvalue weighted by atomic mass is 14.8. The minimum atomic E-state index is 1.03. The number of nitrogens with zero attached hydrogens (tertiary/aromatic N) is 1. The molecule has 1 aliphatic heterocycles. The molecule has 0 N–H and O–H groups in total. The largest absolute Gasteiger partial charge is 0.247 e. The van der Waals surface area contributed by atoms with Crippen LogP contribution in [0.5, 0.6) is 0 Å². The van der Waals surface area contributed by atoms with Crippen molar-refractivity contribution in [3.63, 3.8) is 0 Å². The molecule has 0 atom stereocenters. The number of hydrogen-bond donors (Lipinski definition) is 0. The summed E-state index contributed by atoms with van der Waals surface area (Å²) < 4.78 is 0. The maximum atomic E-state index is 5.03. The van der Waals surface area contributed by atoms with E-state index in [1.165, 1.54) is 55.8 Å². The van der Waals surface area contributed by atoms with Gasteiger partial charge in [0, 0.05) is 11.1 Å². The molecule has 0 amide bonds. The molecular weight excluding hydrogens is 326 g/mol. The highest BCUT2D eigenvalue weighted by molar-refractivity contribution is 6.45. The van der Waals surface area contributed by atoms with Crippen molar-refractivity contribution >= 4 is 22.5 Å². The molecule has 1 heterocycles. The smallest absolute Gasteiger partial charge is 0.0754 e. The Morgan fingerprint density at radius 3 is 2.48 bits per heavy atom. The fourth-order valence-corrected chi connectivity index (χ4v) is 4.43. The molecule has 2 aromatic rings. The molecule has 5 rings (SSSR count). The monoisotopic (exact) mass is 349 g/mol. The molecule has 0 aromatic heterocycles. The zero-order valence-corrected chi connectivity index (χ0v) is 16.1. The fourth-order valence-electron chi connectivity index (χ4n) is 4.43. The predicted octanol–water partition coefficient (Wildman–Crippen LogP) is 6.77. The van der Waals surface area contributed by atoms with Crippen molar-refractivity contribution in [2.75, 3.05) is 0 Å². The van der Waals surface area contributed by atoms with Crippen LogP contribution in [0.1, 0.15) is 42.5 Å². The SMILES string of the molecule is CC1=C(C)C(c2ccccc2)=C2C1=Nc1cc(C)c(CC3=CC=CC3)cc12. The summed E-state index contributed by atoms with van der Waals surface area (Å²) in [6, 6.07) is 15.4. The Morgan fingerprint density at radius 1 is 0.926 bits per heavy atom. The Hall–Kier alpha value is -2.93. The highest BCUT2D eigenvalue weighted by Gasteiger charge is 2.33. The summed E-state index contributed by atoms with van der Waals surface area (Å²) in [6.07, 6.45) is 8.78. The Balaban J connectivity index is 1.67. The summed E-state index contributed by atoms with van der Waals surface area (Å²) in [5, 5.41) is 0. The summed E-state index contributed by atoms with van der Waals surface area (Å²) >= 11 is 0. The lowest BCUT2D eigenvalue weighted by molar-refractivity contribution is 1.07. The molecule has 3 aliphatic rings. The molecule has 2 aliphatic carbocycles. The molecule has 0 saturated carbocycles. The first kappa shape index (κ1) is 16.3. The lowest BCUT2D eigenvalue weighted by Gasteiger charge is -2.13. The van der Waals surface area contributed by atoms with Gasteiger partial charge in [-0.3, -0.25) is 0 Å². The minimum absolute atomic E-state index is 1.03. The van der Waals surface area contributed by atoms with Crippen LogP contribution in [-0.4, -0.2) is 5.71 Å². The predicted molar refractivity (Wildman–Crippen MR) is 115 cm³/mol. The maximum Gasteiger partial charge on any atom is 0.0754 e. The van der Waals surface area contributed by atoms with E-state index >= 15 is 0 Å². The number of hydrogen-bond acceptors (Lipinski definition) is 1. The van der Waals surface area contributed by atoms with Crippen LogP contribution in [0.3, 0.4) is 0 Å². The zero-order chi connectivity index (χ0) is 18.5. The lowest BCUT2D eigenvalue weighted by Crippen LogP contribution is -1.97. The first-order valence-corrected chi connectivity index (χ1v) is 9.69. The van der Waals surface area contributed by atoms with Gasteiger partial charge < -0.3 is 0 Å². The highest BCUT2D eigenvalue weighted by Crippen LogP contribution is 2.49. The molecule has 0 unspecified atom stereocenters. The first-order chi connectivity index (χ1) is 13.1. The van der Waals surface area contributed by atoms with Gasteiger partial charge >= 0.3 is 0 Å². The van der Waals surface area contributed by atoms with Gasteiger partial charge in [-0.2, -0.15) is 0 Å². The van der Waals surface area contributed by atoms with Crippen LogP contribution < -0.4 is 0 Å². The van der Waals surface area contributed by atoms with Gasteiger partial charge in [0.1, 0.15) is 0 Å². The van der Waals surface area contributed by atoms with Crippen molar-refractivity contribution in [1.82, 2.24) is 0 Å². The van der Waals surface area contributed by atoms with E-state index in [2.05, 4.69) is 81.5 Å². The van der Waals surface area contributed by atoms with Crippen molar-refractivity contribution in [2.45, 2.75) is 33.6 Å². The van der Waals surface area contributed by atoms with Gasteiger partial charge in [0.2, 0.25) is 0 Å². The molecule has 0 radical (unpaired) electrons. The molecule has 2 aromatic carbocycles. The van der Waals surface area contributed by atoms with Crippen LogP contribution in [0.2, 0.25) is 0 Å². The van der Waals surface area contributed by atoms with Gasteiger partial charge in [0.05, 0.1) is 11.4 Å². The van der Waals surface area contributed by atoms with Crippen molar-refractivity contribution in [1.29, 1.82) is 0 Å². The number of aryl methyl sites for hydroxylation is 1. The van der Waals surface area contributed by atoms with Gasteiger partial charge in [0.15, 0.2) is 0 Å². The maximum absolute atomic E-state index is 5.03. The van der Waals surface area contributed by atoms with E-state index in [0.29, 0.717) is 0 Å². The molecule has 0 spiro atoms. The van der Waals surface area contributed by atoms with Crippen LogP contribution >= 0.6 is 0 Å². The molecule has 27 heavy (non-hydrogen) atoms. The van der Waals surface area contributed by atoms with Gasteiger partial charge in [0.25, 0.3) is 0 Å². The van der Waals surface area contributed by atoms with Crippen molar-refractivity contribution in [3.05, 3.63) is 99.7 Å². The molecule has 0 bridgehead atoms. The van der Waals surface area contributed by atoms with Crippen LogP contribution in [0, 0.1) is 6.92 Å². The average Bonchev–Trinajstić information content (AvgIpc) is 3.36. The first-order valence-electron chi connectivity index (χ1n) is 9.69. The van der Waals surface area contributed by atoms with E-state index in [9.17, 15) is 0 Å². The van der Waals surface area contributed by atoms with E-state index in [0.717, 1.165) is 18.5 Å². The van der Waals surface area contributed by atoms with Crippen LogP contribution in [0.4, 0.5) is 5.69 Å². The van der Waals surface area contributed by atoms with Crippen LogP contribution in [-0.2, 0) is 6.42 Å². The quantitative estimate of drug-likeness (QED) is 0.580. The zero-order valence-electron chi connectivity index (χ0n) is 16.1. The van der Waals surface area contributed by atoms with Gasteiger partial charge in [-0.25, -0.2) is 4.99 Å². The number of allylic oxidation sites excluding steroid dienone is 8. The van der Waals surface area contributed by atoms with Crippen LogP contribution in [0.25, 0.3) is 11.1 Å². The summed E-state index contributed by atoms with van der Waals surface area (Å²) in [5.74, 6) is 0. The van der Waals surface area contributed by atoms with E-state index in [1.807, 2.05) is 0 Å². The molecule has 1 nitrogen and oxygen atoms in total. The fraction of sp³-hybridized carbons (Fsp3) is 0.192. The van der Waals surface area contributed by atoms with Gasteiger partial charge in [-0.1, -0.05) is 54.1 Å². The number of fused-ring (bicyclic) bond motifs is 3. The Labute approximate surface area is 161 Å². The van der Waals surface area contributed by atoms with E-state index in [-0.39, 0.29) is 0 Å². The Kier molecular flexibility index (Phi) is 3.65. The van der Waals surface area contributed by atoms with Crippen LogP contribution in [0.15, 0.2) is 82.4 Å². The second kappa shape index (κ2) is 6.06. The lowest BCUT2D eigenvalue weighted by atomic mass is 9.90. The third kappa shape index (κ3) is 2.49. The topological polar surface area (TPSA) is 12.4 Å². The molecule has 132 valence electrons. The number of aliphatic imine (C=N–C) groups is 1. The molecule has 0 fully saturated rings. The average molecular weight is 349 g/mol. The summed E-state index contributed by atoms with van der Waals surface area (Å²) in [7, 11) is 0. The van der Waals surface area contributed by atoms with Crippen molar-refractivity contribution in [2.24, 2.45) is 4.99 Å². The van der Waals surface area contributed by atoms with Gasteiger partial charge in [-0.05, 0) is 79.2 Å². The Morgan fingerprint density at radius 2 is 1.74 bits per heavy atom. The van der Waals surface area contributed by atoms with E-state index in [1.54, 1.807) is 0 Å². The number of rotatable bonds is 3. The summed E-state index contributed by atoms with van der Waals surface area (Å²) in [4.78, 5) is 5.03. The third-order valence-electron chi connectivity index (χ3n) is 6.06. The summed E-state index contributed by atoms with van der Waals surface area (Å²) in [6.45, 7) is 6.65. The van der Waals surface area contributed by atoms with Crippen molar-refractivity contribution < 1.29 is 0 Å². The van der Waals surface area contributed by atoms with E-state index in [4.69, 9.17) is 4.99 Å². The second-order valence-electron chi connectivity index (χ2n) is 7.76. The van der Waals surface area contributed by atoms with Gasteiger partial charge in [-0.15, -0.1) is 0 Å². The summed E-state index contributed by atoms with van der Waals surface area (Å²) in [5.41, 5.74) is 14.5. The minimum Gasteiger partial charge on any atom is -0.247 e. The second-order valence-corrected chi connectivity index (χ2v) is 7.76. The van der Waals surface area contributed by atoms with E-state index < -0.39 is 0 Å². The number of benzene rings is 2. The standard InChI is InChI=1S/C26H23N/c1-16-13-23-22(15-21(16)14-19-9-7-8-10-19)25-24(20-11-5-4-6-12-20)17(2)18(3)26(25)27-23/h4-9,11-13,15H,10,14H2,1-3H3. The normalized spacial score (nSPS) is 17.4. The van der Waals surface area contributed by atoms with Crippen molar-refractivity contribution in [3.8, 4) is 0 Å². The molecular formula is C26H23N. The molecule has 0 saturated heterocycles. The Bertz CT molecular complexity index is 1120.